The molecule has 0 radical (unpaired) electrons. The lowest BCUT2D eigenvalue weighted by atomic mass is 9.99. The fraction of sp³-hybridized carbons (Fsp3) is 0.263. The van der Waals surface area contributed by atoms with Gasteiger partial charge in [-0.25, -0.2) is 0 Å². The predicted molar refractivity (Wildman–Crippen MR) is 95.1 cm³/mol. The summed E-state index contributed by atoms with van der Waals surface area (Å²) >= 11 is 1.52. The van der Waals surface area contributed by atoms with Gasteiger partial charge in [-0.15, -0.1) is 11.3 Å². The standard InChI is InChI=1S/C19H20N2OS/c1-12-5-6-13(2)17(9-12)15(4)21-19(22)16(11-20)10-18-14(3)7-8-23-18/h5-10,15H,1-4H3,(H,21,22)/b16-10-/t15-/m0/s1. The number of carbonyl (C=O) groups excluding carboxylic acids is 1. The van der Waals surface area contributed by atoms with Crippen LogP contribution in [0.5, 0.6) is 0 Å². The molecule has 1 atom stereocenters. The maximum atomic E-state index is 12.4. The SMILES string of the molecule is Cc1ccc(C)c([C@H](C)NC(=O)/C(C#N)=C\c2sccc2C)c1. The minimum atomic E-state index is -0.339. The lowest BCUT2D eigenvalue weighted by Gasteiger charge is -2.17. The van der Waals surface area contributed by atoms with Crippen molar-refractivity contribution >= 4 is 23.3 Å². The van der Waals surface area contributed by atoms with Crippen LogP contribution in [-0.4, -0.2) is 5.91 Å². The van der Waals surface area contributed by atoms with Crippen LogP contribution in [-0.2, 0) is 4.79 Å². The molecule has 2 aromatic rings. The number of benzene rings is 1. The van der Waals surface area contributed by atoms with Gasteiger partial charge in [0, 0.05) is 4.88 Å². The number of hydrogen-bond donors (Lipinski definition) is 1. The summed E-state index contributed by atoms with van der Waals surface area (Å²) < 4.78 is 0. The third-order valence-corrected chi connectivity index (χ3v) is 4.76. The number of nitrogens with zero attached hydrogens (tertiary/aromatic N) is 1. The van der Waals surface area contributed by atoms with E-state index in [1.807, 2.05) is 57.3 Å². The monoisotopic (exact) mass is 324 g/mol. The fourth-order valence-electron chi connectivity index (χ4n) is 2.39. The molecule has 118 valence electrons. The van der Waals surface area contributed by atoms with Crippen molar-refractivity contribution in [3.8, 4) is 6.07 Å². The molecule has 4 heteroatoms. The van der Waals surface area contributed by atoms with Gasteiger partial charge < -0.3 is 5.32 Å². The van der Waals surface area contributed by atoms with E-state index in [1.54, 1.807) is 6.08 Å². The van der Waals surface area contributed by atoms with Crippen LogP contribution in [0.1, 0.15) is 40.1 Å². The Balaban J connectivity index is 2.20. The number of nitrogens with one attached hydrogen (secondary N) is 1. The van der Waals surface area contributed by atoms with E-state index in [0.29, 0.717) is 0 Å². The molecule has 0 saturated carbocycles. The Hall–Kier alpha value is -2.38. The first-order valence-corrected chi connectivity index (χ1v) is 8.34. The predicted octanol–water partition coefficient (Wildman–Crippen LogP) is 4.46. The summed E-state index contributed by atoms with van der Waals surface area (Å²) in [6, 6.07) is 9.99. The zero-order valence-corrected chi connectivity index (χ0v) is 14.6. The van der Waals surface area contributed by atoms with Crippen LogP contribution in [0, 0.1) is 32.1 Å². The summed E-state index contributed by atoms with van der Waals surface area (Å²) in [4.78, 5) is 13.3. The van der Waals surface area contributed by atoms with Crippen molar-refractivity contribution < 1.29 is 4.79 Å². The second-order valence-electron chi connectivity index (χ2n) is 5.69. The maximum Gasteiger partial charge on any atom is 0.262 e. The summed E-state index contributed by atoms with van der Waals surface area (Å²) in [5.41, 5.74) is 4.55. The van der Waals surface area contributed by atoms with Gasteiger partial charge in [0.1, 0.15) is 11.6 Å². The van der Waals surface area contributed by atoms with E-state index in [-0.39, 0.29) is 17.5 Å². The first-order chi connectivity index (χ1) is 10.9. The second kappa shape index (κ2) is 7.26. The highest BCUT2D eigenvalue weighted by Crippen LogP contribution is 2.21. The minimum absolute atomic E-state index is 0.132. The quantitative estimate of drug-likeness (QED) is 0.667. The van der Waals surface area contributed by atoms with E-state index < -0.39 is 0 Å². The Morgan fingerprint density at radius 2 is 2.00 bits per heavy atom. The molecule has 0 aliphatic carbocycles. The highest BCUT2D eigenvalue weighted by molar-refractivity contribution is 7.11. The van der Waals surface area contributed by atoms with Crippen LogP contribution in [0.25, 0.3) is 6.08 Å². The van der Waals surface area contributed by atoms with Crippen LogP contribution >= 0.6 is 11.3 Å². The Bertz CT molecular complexity index is 796. The molecule has 1 amide bonds. The molecule has 1 N–H and O–H groups in total. The van der Waals surface area contributed by atoms with Crippen molar-refractivity contribution in [1.82, 2.24) is 5.32 Å². The van der Waals surface area contributed by atoms with Crippen molar-refractivity contribution in [2.24, 2.45) is 0 Å². The number of nitriles is 1. The van der Waals surface area contributed by atoms with E-state index in [2.05, 4.69) is 11.4 Å². The van der Waals surface area contributed by atoms with E-state index >= 15 is 0 Å². The van der Waals surface area contributed by atoms with Crippen molar-refractivity contribution in [2.45, 2.75) is 33.7 Å². The van der Waals surface area contributed by atoms with Crippen LogP contribution in [0.4, 0.5) is 0 Å². The number of rotatable bonds is 4. The molecule has 0 unspecified atom stereocenters. The topological polar surface area (TPSA) is 52.9 Å². The highest BCUT2D eigenvalue weighted by atomic mass is 32.1. The van der Waals surface area contributed by atoms with Gasteiger partial charge in [-0.3, -0.25) is 4.79 Å². The summed E-state index contributed by atoms with van der Waals surface area (Å²) in [6.45, 7) is 7.95. The van der Waals surface area contributed by atoms with Crippen molar-refractivity contribution in [1.29, 1.82) is 5.26 Å². The third-order valence-electron chi connectivity index (χ3n) is 3.79. The zero-order valence-electron chi connectivity index (χ0n) is 13.8. The smallest absolute Gasteiger partial charge is 0.262 e. The molecular formula is C19H20N2OS. The summed E-state index contributed by atoms with van der Waals surface area (Å²) in [5.74, 6) is -0.339. The molecule has 0 aliphatic heterocycles. The lowest BCUT2D eigenvalue weighted by molar-refractivity contribution is -0.117. The minimum Gasteiger partial charge on any atom is -0.345 e. The first-order valence-electron chi connectivity index (χ1n) is 7.46. The molecule has 3 nitrogen and oxygen atoms in total. The van der Waals surface area contributed by atoms with Crippen molar-refractivity contribution in [3.63, 3.8) is 0 Å². The molecular weight excluding hydrogens is 304 g/mol. The molecule has 0 aliphatic rings. The van der Waals surface area contributed by atoms with Gasteiger partial charge in [-0.1, -0.05) is 23.8 Å². The summed E-state index contributed by atoms with van der Waals surface area (Å²) in [7, 11) is 0. The first kappa shape index (κ1) is 17.0. The Labute approximate surface area is 141 Å². The molecule has 23 heavy (non-hydrogen) atoms. The molecule has 0 saturated heterocycles. The molecule has 0 bridgehead atoms. The number of amides is 1. The van der Waals surface area contributed by atoms with Crippen LogP contribution in [0.2, 0.25) is 0 Å². The van der Waals surface area contributed by atoms with E-state index in [9.17, 15) is 10.1 Å². The zero-order chi connectivity index (χ0) is 17.0. The second-order valence-corrected chi connectivity index (χ2v) is 6.64. The van der Waals surface area contributed by atoms with Gasteiger partial charge in [0.05, 0.1) is 6.04 Å². The number of aryl methyl sites for hydroxylation is 3. The molecule has 1 aromatic heterocycles. The number of hydrogen-bond acceptors (Lipinski definition) is 3. The Morgan fingerprint density at radius 1 is 1.26 bits per heavy atom. The van der Waals surface area contributed by atoms with Crippen molar-refractivity contribution in [3.05, 3.63) is 62.3 Å². The van der Waals surface area contributed by atoms with Gasteiger partial charge in [0.25, 0.3) is 5.91 Å². The third kappa shape index (κ3) is 4.08. The summed E-state index contributed by atoms with van der Waals surface area (Å²) in [5, 5.41) is 14.2. The average molecular weight is 324 g/mol. The molecule has 2 rings (SSSR count). The van der Waals surface area contributed by atoms with Crippen LogP contribution in [0.3, 0.4) is 0 Å². The Morgan fingerprint density at radius 3 is 2.61 bits per heavy atom. The average Bonchev–Trinajstić information content (AvgIpc) is 2.92. The molecule has 0 spiro atoms. The van der Waals surface area contributed by atoms with E-state index in [4.69, 9.17) is 0 Å². The normalized spacial score (nSPS) is 12.6. The highest BCUT2D eigenvalue weighted by Gasteiger charge is 2.16. The largest absolute Gasteiger partial charge is 0.345 e. The van der Waals surface area contributed by atoms with Gasteiger partial charge in [0.15, 0.2) is 0 Å². The molecule has 0 fully saturated rings. The Kier molecular flexibility index (Phi) is 5.36. The van der Waals surface area contributed by atoms with Crippen molar-refractivity contribution in [2.75, 3.05) is 0 Å². The van der Waals surface area contributed by atoms with E-state index in [0.717, 1.165) is 27.1 Å². The van der Waals surface area contributed by atoms with Gasteiger partial charge in [-0.05, 0) is 61.9 Å². The lowest BCUT2D eigenvalue weighted by Crippen LogP contribution is -2.28. The summed E-state index contributed by atoms with van der Waals surface area (Å²) in [6.07, 6.45) is 1.66. The van der Waals surface area contributed by atoms with Gasteiger partial charge in [-0.2, -0.15) is 5.26 Å². The van der Waals surface area contributed by atoms with Gasteiger partial charge >= 0.3 is 0 Å². The maximum absolute atomic E-state index is 12.4. The number of thiophene rings is 1. The molecule has 1 heterocycles. The van der Waals surface area contributed by atoms with E-state index in [1.165, 1.54) is 11.3 Å². The fourth-order valence-corrected chi connectivity index (χ4v) is 3.25. The van der Waals surface area contributed by atoms with Gasteiger partial charge in [0.2, 0.25) is 0 Å². The molecule has 1 aromatic carbocycles. The van der Waals surface area contributed by atoms with Crippen LogP contribution in [0.15, 0.2) is 35.2 Å². The van der Waals surface area contributed by atoms with Crippen LogP contribution < -0.4 is 5.32 Å². The number of carbonyl (C=O) groups is 1.